The van der Waals surface area contributed by atoms with Crippen molar-refractivity contribution >= 4 is 27.6 Å². The Bertz CT molecular complexity index is 389. The first-order valence-electron chi connectivity index (χ1n) is 5.69. The highest BCUT2D eigenvalue weighted by Gasteiger charge is 2.12. The summed E-state index contributed by atoms with van der Waals surface area (Å²) in [6.07, 6.45) is 0.792. The van der Waals surface area contributed by atoms with Crippen molar-refractivity contribution in [2.75, 3.05) is 25.0 Å². The minimum atomic E-state index is -0.427. The van der Waals surface area contributed by atoms with E-state index < -0.39 is 5.82 Å². The van der Waals surface area contributed by atoms with Crippen molar-refractivity contribution in [2.24, 2.45) is 0 Å². The van der Waals surface area contributed by atoms with Crippen molar-refractivity contribution in [1.29, 1.82) is 0 Å². The van der Waals surface area contributed by atoms with Crippen molar-refractivity contribution in [3.63, 3.8) is 0 Å². The zero-order chi connectivity index (χ0) is 13.5. The van der Waals surface area contributed by atoms with Crippen LogP contribution in [0.5, 0.6) is 0 Å². The minimum Gasteiger partial charge on any atom is -0.395 e. The average Bonchev–Trinajstić information content (AvgIpc) is 2.27. The van der Waals surface area contributed by atoms with Gasteiger partial charge in [-0.05, 0) is 24.6 Å². The lowest BCUT2D eigenvalue weighted by Crippen LogP contribution is -2.37. The standard InChI is InChI=1S/C12H16BrFN2O2/c1-2-3-16(4-5-17)12(18)15-11-7-9(13)6-10(14)8-11/h6-8,17H,2-5H2,1H3,(H,15,18). The molecule has 0 saturated heterocycles. The van der Waals surface area contributed by atoms with Gasteiger partial charge in [-0.1, -0.05) is 22.9 Å². The Kier molecular flexibility index (Phi) is 6.07. The number of amides is 2. The molecular formula is C12H16BrFN2O2. The number of aliphatic hydroxyl groups excluding tert-OH is 1. The summed E-state index contributed by atoms with van der Waals surface area (Å²) in [5, 5.41) is 11.5. The number of hydrogen-bond acceptors (Lipinski definition) is 2. The van der Waals surface area contributed by atoms with Gasteiger partial charge in [0.05, 0.1) is 6.61 Å². The van der Waals surface area contributed by atoms with Crippen molar-refractivity contribution in [1.82, 2.24) is 4.90 Å². The molecule has 0 heterocycles. The number of benzene rings is 1. The van der Waals surface area contributed by atoms with E-state index >= 15 is 0 Å². The number of nitrogens with one attached hydrogen (secondary N) is 1. The molecule has 0 aromatic heterocycles. The molecule has 0 fully saturated rings. The fourth-order valence-electron chi connectivity index (χ4n) is 1.53. The number of anilines is 1. The zero-order valence-electron chi connectivity index (χ0n) is 10.1. The van der Waals surface area contributed by atoms with Crippen molar-refractivity contribution in [3.05, 3.63) is 28.5 Å². The molecule has 2 amide bonds. The molecule has 0 aliphatic heterocycles. The van der Waals surface area contributed by atoms with Crippen LogP contribution in [0.3, 0.4) is 0 Å². The van der Waals surface area contributed by atoms with Gasteiger partial charge in [-0.15, -0.1) is 0 Å². The number of carbonyl (C=O) groups is 1. The number of aliphatic hydroxyl groups is 1. The summed E-state index contributed by atoms with van der Waals surface area (Å²) in [7, 11) is 0. The van der Waals surface area contributed by atoms with Gasteiger partial charge in [-0.3, -0.25) is 0 Å². The number of rotatable bonds is 5. The second-order valence-electron chi connectivity index (χ2n) is 3.80. The number of carbonyl (C=O) groups excluding carboxylic acids is 1. The molecule has 0 bridgehead atoms. The number of nitrogens with zero attached hydrogens (tertiary/aromatic N) is 1. The molecule has 0 saturated carbocycles. The quantitative estimate of drug-likeness (QED) is 0.877. The second-order valence-corrected chi connectivity index (χ2v) is 4.71. The van der Waals surface area contributed by atoms with Crippen LogP contribution in [0.1, 0.15) is 13.3 Å². The van der Waals surface area contributed by atoms with Crippen molar-refractivity contribution in [2.45, 2.75) is 13.3 Å². The first-order valence-corrected chi connectivity index (χ1v) is 6.49. The Morgan fingerprint density at radius 1 is 1.44 bits per heavy atom. The maximum Gasteiger partial charge on any atom is 0.321 e. The molecule has 1 aromatic carbocycles. The summed E-state index contributed by atoms with van der Waals surface area (Å²) in [4.78, 5) is 13.4. The molecule has 0 spiro atoms. The lowest BCUT2D eigenvalue weighted by atomic mass is 10.3. The molecule has 0 aliphatic carbocycles. The summed E-state index contributed by atoms with van der Waals surface area (Å²) in [5.41, 5.74) is 0.380. The van der Waals surface area contributed by atoms with E-state index in [9.17, 15) is 9.18 Å². The maximum absolute atomic E-state index is 13.1. The van der Waals surface area contributed by atoms with Crippen molar-refractivity contribution < 1.29 is 14.3 Å². The monoisotopic (exact) mass is 318 g/mol. The van der Waals surface area contributed by atoms with Gasteiger partial charge in [0.1, 0.15) is 5.82 Å². The van der Waals surface area contributed by atoms with Gasteiger partial charge in [0.2, 0.25) is 0 Å². The summed E-state index contributed by atoms with van der Waals surface area (Å²) in [5.74, 6) is -0.427. The molecular weight excluding hydrogens is 303 g/mol. The predicted octanol–water partition coefficient (Wildman–Crippen LogP) is 2.82. The summed E-state index contributed by atoms with van der Waals surface area (Å²) < 4.78 is 13.7. The number of halogens is 2. The fraction of sp³-hybridized carbons (Fsp3) is 0.417. The molecule has 4 nitrogen and oxygen atoms in total. The van der Waals surface area contributed by atoms with Crippen LogP contribution in [0, 0.1) is 5.82 Å². The largest absolute Gasteiger partial charge is 0.395 e. The third kappa shape index (κ3) is 4.62. The second kappa shape index (κ2) is 7.33. The molecule has 0 radical (unpaired) electrons. The molecule has 0 atom stereocenters. The van der Waals surface area contributed by atoms with Gasteiger partial charge in [0.15, 0.2) is 0 Å². The smallest absolute Gasteiger partial charge is 0.321 e. The molecule has 1 rings (SSSR count). The van der Waals surface area contributed by atoms with Crippen LogP contribution in [0.2, 0.25) is 0 Å². The van der Waals surface area contributed by atoms with Crippen LogP contribution in [0.4, 0.5) is 14.9 Å². The molecule has 2 N–H and O–H groups in total. The molecule has 6 heteroatoms. The van der Waals surface area contributed by atoms with Gasteiger partial charge in [-0.2, -0.15) is 0 Å². The summed E-state index contributed by atoms with van der Waals surface area (Å²) in [6.45, 7) is 2.65. The van der Waals surface area contributed by atoms with E-state index in [1.54, 1.807) is 6.07 Å². The first kappa shape index (κ1) is 14.9. The average molecular weight is 319 g/mol. The maximum atomic E-state index is 13.1. The van der Waals surface area contributed by atoms with E-state index in [4.69, 9.17) is 5.11 Å². The van der Waals surface area contributed by atoms with Crippen LogP contribution in [0.25, 0.3) is 0 Å². The van der Waals surface area contributed by atoms with Gasteiger partial charge in [0.25, 0.3) is 0 Å². The number of urea groups is 1. The third-order valence-electron chi connectivity index (χ3n) is 2.26. The van der Waals surface area contributed by atoms with Crippen LogP contribution in [-0.4, -0.2) is 35.7 Å². The summed E-state index contributed by atoms with van der Waals surface area (Å²) >= 11 is 3.16. The lowest BCUT2D eigenvalue weighted by molar-refractivity contribution is 0.188. The van der Waals surface area contributed by atoms with E-state index in [0.717, 1.165) is 6.42 Å². The predicted molar refractivity (Wildman–Crippen MR) is 72.1 cm³/mol. The Morgan fingerprint density at radius 2 is 2.17 bits per heavy atom. The zero-order valence-corrected chi connectivity index (χ0v) is 11.7. The Balaban J connectivity index is 2.72. The fourth-order valence-corrected chi connectivity index (χ4v) is 2.00. The van der Waals surface area contributed by atoms with E-state index in [0.29, 0.717) is 16.7 Å². The van der Waals surface area contributed by atoms with E-state index in [1.807, 2.05) is 6.92 Å². The summed E-state index contributed by atoms with van der Waals surface area (Å²) in [6, 6.07) is 3.83. The lowest BCUT2D eigenvalue weighted by Gasteiger charge is -2.21. The van der Waals surface area contributed by atoms with Crippen LogP contribution >= 0.6 is 15.9 Å². The highest BCUT2D eigenvalue weighted by atomic mass is 79.9. The third-order valence-corrected chi connectivity index (χ3v) is 2.72. The SMILES string of the molecule is CCCN(CCO)C(=O)Nc1cc(F)cc(Br)c1. The molecule has 0 aliphatic rings. The van der Waals surface area contributed by atoms with Gasteiger partial charge in [-0.25, -0.2) is 9.18 Å². The van der Waals surface area contributed by atoms with Gasteiger partial charge >= 0.3 is 6.03 Å². The van der Waals surface area contributed by atoms with E-state index in [2.05, 4.69) is 21.2 Å². The number of hydrogen-bond donors (Lipinski definition) is 2. The molecule has 1 aromatic rings. The van der Waals surface area contributed by atoms with Crippen LogP contribution in [-0.2, 0) is 0 Å². The molecule has 100 valence electrons. The van der Waals surface area contributed by atoms with Crippen molar-refractivity contribution in [3.8, 4) is 0 Å². The van der Waals surface area contributed by atoms with Gasteiger partial charge in [0, 0.05) is 23.2 Å². The Hall–Kier alpha value is -1.14. The van der Waals surface area contributed by atoms with Gasteiger partial charge < -0.3 is 15.3 Å². The minimum absolute atomic E-state index is 0.0970. The first-order chi connectivity index (χ1) is 8.56. The Labute approximate surface area is 114 Å². The van der Waals surface area contributed by atoms with E-state index in [-0.39, 0.29) is 19.2 Å². The topological polar surface area (TPSA) is 52.6 Å². The van der Waals surface area contributed by atoms with Crippen LogP contribution in [0.15, 0.2) is 22.7 Å². The van der Waals surface area contributed by atoms with E-state index in [1.165, 1.54) is 17.0 Å². The highest BCUT2D eigenvalue weighted by molar-refractivity contribution is 9.10. The molecule has 0 unspecified atom stereocenters. The highest BCUT2D eigenvalue weighted by Crippen LogP contribution is 2.19. The Morgan fingerprint density at radius 3 is 2.72 bits per heavy atom. The van der Waals surface area contributed by atoms with Crippen LogP contribution < -0.4 is 5.32 Å². The molecule has 18 heavy (non-hydrogen) atoms. The normalized spacial score (nSPS) is 10.2.